The summed E-state index contributed by atoms with van der Waals surface area (Å²) in [4.78, 5) is 27.3. The van der Waals surface area contributed by atoms with Crippen LogP contribution in [0.15, 0.2) is 18.2 Å². The van der Waals surface area contributed by atoms with E-state index in [1.807, 2.05) is 0 Å². The Morgan fingerprint density at radius 1 is 1.12 bits per heavy atom. The number of amides is 1. The second-order valence-electron chi connectivity index (χ2n) is 10.5. The van der Waals surface area contributed by atoms with Crippen LogP contribution in [0.5, 0.6) is 0 Å². The summed E-state index contributed by atoms with van der Waals surface area (Å²) in [6, 6.07) is 6.63. The molecule has 2 aliphatic rings. The van der Waals surface area contributed by atoms with E-state index in [-0.39, 0.29) is 5.92 Å². The van der Waals surface area contributed by atoms with E-state index < -0.39 is 0 Å². The summed E-state index contributed by atoms with van der Waals surface area (Å²) in [5.74, 6) is 3.00. The van der Waals surface area contributed by atoms with E-state index in [1.54, 1.807) is 7.11 Å². The molecule has 1 saturated heterocycles. The predicted molar refractivity (Wildman–Crippen MR) is 136 cm³/mol. The molecule has 0 bridgehead atoms. The van der Waals surface area contributed by atoms with Crippen molar-refractivity contribution in [2.45, 2.75) is 66.4 Å². The number of carbonyl (C=O) groups excluding carboxylic acids is 1. The van der Waals surface area contributed by atoms with Crippen molar-refractivity contribution in [3.8, 4) is 0 Å². The Morgan fingerprint density at radius 3 is 2.47 bits per heavy atom. The van der Waals surface area contributed by atoms with Crippen LogP contribution in [0.1, 0.15) is 66.9 Å². The van der Waals surface area contributed by atoms with Gasteiger partial charge in [0.15, 0.2) is 0 Å². The maximum Gasteiger partial charge on any atom is 0.225 e. The molecule has 1 saturated carbocycles. The van der Waals surface area contributed by atoms with Gasteiger partial charge < -0.3 is 14.5 Å². The minimum Gasteiger partial charge on any atom is -0.378 e. The van der Waals surface area contributed by atoms with Crippen LogP contribution < -0.4 is 4.90 Å². The fourth-order valence-corrected chi connectivity index (χ4v) is 4.96. The van der Waals surface area contributed by atoms with E-state index in [1.165, 1.54) is 23.1 Å². The van der Waals surface area contributed by atoms with Crippen LogP contribution in [-0.4, -0.2) is 54.1 Å². The second-order valence-corrected chi connectivity index (χ2v) is 10.5. The molecule has 34 heavy (non-hydrogen) atoms. The van der Waals surface area contributed by atoms with Crippen LogP contribution in [0.4, 0.5) is 5.82 Å². The van der Waals surface area contributed by atoms with Gasteiger partial charge in [-0.2, -0.15) is 0 Å². The monoisotopic (exact) mass is 464 g/mol. The predicted octanol–water partition coefficient (Wildman–Crippen LogP) is 4.48. The minimum atomic E-state index is 0.261. The summed E-state index contributed by atoms with van der Waals surface area (Å²) in [6.45, 7) is 12.3. The summed E-state index contributed by atoms with van der Waals surface area (Å²) in [6.07, 6.45) is 4.94. The number of benzene rings is 1. The van der Waals surface area contributed by atoms with Crippen molar-refractivity contribution in [1.82, 2.24) is 14.9 Å². The molecule has 0 spiro atoms. The zero-order chi connectivity index (χ0) is 24.2. The smallest absolute Gasteiger partial charge is 0.225 e. The Morgan fingerprint density at radius 2 is 1.85 bits per heavy atom. The molecule has 1 aromatic heterocycles. The van der Waals surface area contributed by atoms with Crippen molar-refractivity contribution < 1.29 is 9.53 Å². The molecule has 1 aromatic carbocycles. The first kappa shape index (κ1) is 24.6. The number of methoxy groups -OCH3 is 1. The Labute approximate surface area is 204 Å². The normalized spacial score (nSPS) is 16.8. The maximum atomic E-state index is 12.8. The Hall–Kier alpha value is -2.47. The minimum absolute atomic E-state index is 0.261. The van der Waals surface area contributed by atoms with Gasteiger partial charge in [0.1, 0.15) is 11.6 Å². The van der Waals surface area contributed by atoms with Gasteiger partial charge >= 0.3 is 0 Å². The maximum absolute atomic E-state index is 12.8. The fourth-order valence-electron chi connectivity index (χ4n) is 4.96. The number of rotatable bonds is 8. The largest absolute Gasteiger partial charge is 0.378 e. The van der Waals surface area contributed by atoms with Gasteiger partial charge in [-0.25, -0.2) is 9.97 Å². The Kier molecular flexibility index (Phi) is 7.87. The number of nitrogens with zero attached hydrogens (tertiary/aromatic N) is 4. The molecule has 6 heteroatoms. The number of carbonyl (C=O) groups is 1. The van der Waals surface area contributed by atoms with E-state index in [0.717, 1.165) is 74.8 Å². The second kappa shape index (κ2) is 10.9. The number of aromatic nitrogens is 2. The van der Waals surface area contributed by atoms with Gasteiger partial charge in [-0.15, -0.1) is 0 Å². The molecule has 2 heterocycles. The molecule has 0 N–H and O–H groups in total. The first-order valence-corrected chi connectivity index (χ1v) is 12.8. The van der Waals surface area contributed by atoms with Gasteiger partial charge in [-0.3, -0.25) is 4.79 Å². The number of anilines is 1. The number of piperazine rings is 1. The molecule has 0 radical (unpaired) electrons. The van der Waals surface area contributed by atoms with Gasteiger partial charge in [0.05, 0.1) is 12.3 Å². The van der Waals surface area contributed by atoms with Crippen LogP contribution in [0, 0.1) is 25.7 Å². The molecular formula is C28H40N4O2. The number of hydrogen-bond acceptors (Lipinski definition) is 5. The van der Waals surface area contributed by atoms with Crippen LogP contribution in [-0.2, 0) is 29.0 Å². The van der Waals surface area contributed by atoms with Crippen LogP contribution in [0.2, 0.25) is 0 Å². The molecule has 1 aliphatic carbocycles. The van der Waals surface area contributed by atoms with Crippen molar-refractivity contribution in [2.24, 2.45) is 11.8 Å². The molecule has 1 amide bonds. The topological polar surface area (TPSA) is 58.6 Å². The van der Waals surface area contributed by atoms with Gasteiger partial charge in [0, 0.05) is 57.6 Å². The highest BCUT2D eigenvalue weighted by molar-refractivity contribution is 5.80. The highest BCUT2D eigenvalue weighted by atomic mass is 16.5. The molecule has 184 valence electrons. The summed E-state index contributed by atoms with van der Waals surface area (Å²) in [7, 11) is 1.73. The highest BCUT2D eigenvalue weighted by Crippen LogP contribution is 2.31. The molecule has 6 nitrogen and oxygen atoms in total. The lowest BCUT2D eigenvalue weighted by Crippen LogP contribution is -2.51. The number of ether oxygens (including phenoxy) is 1. The molecule has 2 fully saturated rings. The third kappa shape index (κ3) is 5.60. The molecule has 0 atom stereocenters. The highest BCUT2D eigenvalue weighted by Gasteiger charge is 2.32. The lowest BCUT2D eigenvalue weighted by atomic mass is 9.84. The zero-order valence-corrected chi connectivity index (χ0v) is 21.6. The average molecular weight is 465 g/mol. The molecule has 1 aliphatic heterocycles. The Bertz CT molecular complexity index is 1010. The van der Waals surface area contributed by atoms with Crippen LogP contribution in [0.3, 0.4) is 0 Å². The molecule has 4 rings (SSSR count). The van der Waals surface area contributed by atoms with Crippen molar-refractivity contribution in [3.05, 3.63) is 52.0 Å². The lowest BCUT2D eigenvalue weighted by molar-refractivity contribution is -0.138. The summed E-state index contributed by atoms with van der Waals surface area (Å²) < 4.78 is 5.59. The fraction of sp³-hybridized carbons (Fsp3) is 0.607. The summed E-state index contributed by atoms with van der Waals surface area (Å²) >= 11 is 0. The van der Waals surface area contributed by atoms with E-state index in [4.69, 9.17) is 14.7 Å². The summed E-state index contributed by atoms with van der Waals surface area (Å²) in [5, 5.41) is 0. The third-order valence-electron chi connectivity index (χ3n) is 7.21. The average Bonchev–Trinajstić information content (AvgIpc) is 2.76. The van der Waals surface area contributed by atoms with Crippen LogP contribution in [0.25, 0.3) is 0 Å². The molecular weight excluding hydrogens is 424 g/mol. The van der Waals surface area contributed by atoms with E-state index in [9.17, 15) is 4.79 Å². The zero-order valence-electron chi connectivity index (χ0n) is 21.6. The van der Waals surface area contributed by atoms with Gasteiger partial charge in [-0.05, 0) is 43.7 Å². The first-order valence-electron chi connectivity index (χ1n) is 12.8. The van der Waals surface area contributed by atoms with Crippen molar-refractivity contribution in [2.75, 3.05) is 38.2 Å². The lowest BCUT2D eigenvalue weighted by Gasteiger charge is -2.39. The Balaban J connectivity index is 1.66. The van der Waals surface area contributed by atoms with Gasteiger partial charge in [0.2, 0.25) is 5.91 Å². The quantitative estimate of drug-likeness (QED) is 0.577. The van der Waals surface area contributed by atoms with Gasteiger partial charge in [-0.1, -0.05) is 44.0 Å². The van der Waals surface area contributed by atoms with Crippen LogP contribution >= 0.6 is 0 Å². The van der Waals surface area contributed by atoms with Crippen molar-refractivity contribution in [3.63, 3.8) is 0 Å². The van der Waals surface area contributed by atoms with E-state index in [2.05, 4.69) is 55.7 Å². The van der Waals surface area contributed by atoms with E-state index in [0.29, 0.717) is 18.4 Å². The van der Waals surface area contributed by atoms with Gasteiger partial charge in [0.25, 0.3) is 0 Å². The van der Waals surface area contributed by atoms with Crippen molar-refractivity contribution >= 4 is 11.7 Å². The van der Waals surface area contributed by atoms with E-state index >= 15 is 0 Å². The summed E-state index contributed by atoms with van der Waals surface area (Å²) in [5.41, 5.74) is 5.98. The molecule has 0 unspecified atom stereocenters. The number of hydrogen-bond donors (Lipinski definition) is 0. The molecule has 2 aromatic rings. The first-order chi connectivity index (χ1) is 16.4. The number of aryl methyl sites for hydroxylation is 2. The third-order valence-corrected chi connectivity index (χ3v) is 7.21. The SMILES string of the molecule is COCc1nc(CC(C)C)nc(N2CCN(C(=O)C3CCC3)CC2)c1Cc1cc(C)ccc1C. The van der Waals surface area contributed by atoms with Crippen molar-refractivity contribution in [1.29, 1.82) is 0 Å². The standard InChI is InChI=1S/C28H40N4O2/c1-19(2)15-26-29-25(18-34-5)24(17-23-16-20(3)9-10-21(23)4)27(30-26)31-11-13-32(14-12-31)28(33)22-7-6-8-22/h9-10,16,19,22H,6-8,11-15,17-18H2,1-5H3.